The molecule has 3 heteroatoms. The number of hydrogen-bond donors (Lipinski definition) is 1. The summed E-state index contributed by atoms with van der Waals surface area (Å²) in [6.07, 6.45) is 1.30. The van der Waals surface area contributed by atoms with Crippen molar-refractivity contribution in [2.45, 2.75) is 34.1 Å². The molecule has 0 aromatic carbocycles. The average molecular weight is 226 g/mol. The maximum atomic E-state index is 11.7. The smallest absolute Gasteiger partial charge is 0.234 e. The molecule has 2 atom stereocenters. The fraction of sp³-hybridized carbons (Fsp3) is 0.923. The lowest BCUT2D eigenvalue weighted by Crippen LogP contribution is -2.45. The summed E-state index contributed by atoms with van der Waals surface area (Å²) in [4.78, 5) is 14.0. The van der Waals surface area contributed by atoms with Crippen LogP contribution in [0.3, 0.4) is 0 Å². The first kappa shape index (κ1) is 13.5. The van der Waals surface area contributed by atoms with Crippen LogP contribution in [0.5, 0.6) is 0 Å². The zero-order chi connectivity index (χ0) is 12.1. The van der Waals surface area contributed by atoms with Gasteiger partial charge in [0.15, 0.2) is 0 Å². The number of amides is 1. The second-order valence-electron chi connectivity index (χ2n) is 5.84. The van der Waals surface area contributed by atoms with Gasteiger partial charge in [0, 0.05) is 19.6 Å². The molecule has 94 valence electrons. The number of nitrogens with zero attached hydrogens (tertiary/aromatic N) is 1. The summed E-state index contributed by atoms with van der Waals surface area (Å²) in [5.74, 6) is 2.15. The predicted octanol–water partition coefficient (Wildman–Crippen LogP) is 1.74. The van der Waals surface area contributed by atoms with E-state index in [1.807, 2.05) is 0 Å². The van der Waals surface area contributed by atoms with Crippen molar-refractivity contribution in [2.75, 3.05) is 26.2 Å². The van der Waals surface area contributed by atoms with Gasteiger partial charge in [-0.1, -0.05) is 27.7 Å². The van der Waals surface area contributed by atoms with Crippen molar-refractivity contribution in [3.63, 3.8) is 0 Å². The zero-order valence-electron chi connectivity index (χ0n) is 11.1. The fourth-order valence-corrected chi connectivity index (χ4v) is 2.50. The lowest BCUT2D eigenvalue weighted by atomic mass is 9.92. The van der Waals surface area contributed by atoms with Crippen molar-refractivity contribution in [3.05, 3.63) is 0 Å². The van der Waals surface area contributed by atoms with Crippen LogP contribution in [0.1, 0.15) is 34.1 Å². The molecule has 1 saturated heterocycles. The van der Waals surface area contributed by atoms with E-state index in [1.54, 1.807) is 0 Å². The summed E-state index contributed by atoms with van der Waals surface area (Å²) >= 11 is 0. The van der Waals surface area contributed by atoms with Crippen LogP contribution in [0, 0.1) is 17.8 Å². The van der Waals surface area contributed by atoms with Gasteiger partial charge in [-0.25, -0.2) is 0 Å². The zero-order valence-corrected chi connectivity index (χ0v) is 11.1. The molecular weight excluding hydrogens is 200 g/mol. The summed E-state index contributed by atoms with van der Waals surface area (Å²) < 4.78 is 0. The summed E-state index contributed by atoms with van der Waals surface area (Å²) in [6, 6.07) is 0. The summed E-state index contributed by atoms with van der Waals surface area (Å²) in [7, 11) is 0. The highest BCUT2D eigenvalue weighted by atomic mass is 16.2. The Hall–Kier alpha value is -0.570. The highest BCUT2D eigenvalue weighted by Crippen LogP contribution is 2.20. The molecule has 1 heterocycles. The van der Waals surface area contributed by atoms with E-state index in [-0.39, 0.29) is 5.91 Å². The van der Waals surface area contributed by atoms with Gasteiger partial charge in [-0.15, -0.1) is 0 Å². The molecular formula is C13H26N2O. The molecule has 16 heavy (non-hydrogen) atoms. The van der Waals surface area contributed by atoms with Crippen LogP contribution in [0.25, 0.3) is 0 Å². The van der Waals surface area contributed by atoms with Crippen LogP contribution < -0.4 is 5.32 Å². The van der Waals surface area contributed by atoms with Gasteiger partial charge in [-0.3, -0.25) is 9.69 Å². The number of likely N-dealkylation sites (tertiary alicyclic amines) is 1. The molecule has 1 amide bonds. The van der Waals surface area contributed by atoms with Crippen molar-refractivity contribution >= 4 is 5.91 Å². The lowest BCUT2D eigenvalue weighted by molar-refractivity contribution is -0.123. The standard InChI is InChI=1S/C13H26N2O/c1-10(2)6-14-13(16)9-15-7-11(3)5-12(4)8-15/h10-12H,5-9H2,1-4H3,(H,14,16)/t11-,12-/m1/s1. The Morgan fingerprint density at radius 3 is 2.38 bits per heavy atom. The first-order valence-electron chi connectivity index (χ1n) is 6.46. The van der Waals surface area contributed by atoms with Gasteiger partial charge in [-0.2, -0.15) is 0 Å². The predicted molar refractivity (Wildman–Crippen MR) is 67.2 cm³/mol. The minimum absolute atomic E-state index is 0.176. The van der Waals surface area contributed by atoms with E-state index in [0.717, 1.165) is 31.5 Å². The van der Waals surface area contributed by atoms with Crippen LogP contribution in [0.4, 0.5) is 0 Å². The van der Waals surface area contributed by atoms with Gasteiger partial charge in [-0.05, 0) is 24.2 Å². The lowest BCUT2D eigenvalue weighted by Gasteiger charge is -2.34. The number of carbonyl (C=O) groups excluding carboxylic acids is 1. The topological polar surface area (TPSA) is 32.3 Å². The maximum Gasteiger partial charge on any atom is 0.234 e. The van der Waals surface area contributed by atoms with E-state index in [4.69, 9.17) is 0 Å². The van der Waals surface area contributed by atoms with Crippen LogP contribution in [-0.4, -0.2) is 37.0 Å². The van der Waals surface area contributed by atoms with Crippen LogP contribution in [0.2, 0.25) is 0 Å². The molecule has 1 fully saturated rings. The van der Waals surface area contributed by atoms with E-state index in [0.29, 0.717) is 12.5 Å². The molecule has 1 aliphatic rings. The van der Waals surface area contributed by atoms with E-state index in [1.165, 1.54) is 6.42 Å². The maximum absolute atomic E-state index is 11.7. The molecule has 0 unspecified atom stereocenters. The Morgan fingerprint density at radius 2 is 1.88 bits per heavy atom. The number of nitrogens with one attached hydrogen (secondary N) is 1. The Balaban J connectivity index is 2.27. The minimum Gasteiger partial charge on any atom is -0.355 e. The molecule has 0 bridgehead atoms. The number of piperidine rings is 1. The SMILES string of the molecule is CC(C)CNC(=O)CN1C[C@H](C)C[C@@H](C)C1. The first-order valence-corrected chi connectivity index (χ1v) is 6.46. The van der Waals surface area contributed by atoms with E-state index in [9.17, 15) is 4.79 Å². The molecule has 0 spiro atoms. The fourth-order valence-electron chi connectivity index (χ4n) is 2.50. The third kappa shape index (κ3) is 4.97. The third-order valence-electron chi connectivity index (χ3n) is 3.02. The Bertz CT molecular complexity index is 218. The van der Waals surface area contributed by atoms with E-state index >= 15 is 0 Å². The van der Waals surface area contributed by atoms with E-state index < -0.39 is 0 Å². The summed E-state index contributed by atoms with van der Waals surface area (Å²) in [5, 5.41) is 2.98. The molecule has 0 aromatic heterocycles. The number of rotatable bonds is 4. The van der Waals surface area contributed by atoms with Crippen molar-refractivity contribution < 1.29 is 4.79 Å². The van der Waals surface area contributed by atoms with Crippen LogP contribution >= 0.6 is 0 Å². The Kier molecular flexibility index (Phi) is 5.26. The van der Waals surface area contributed by atoms with Crippen LogP contribution in [0.15, 0.2) is 0 Å². The quantitative estimate of drug-likeness (QED) is 0.792. The Morgan fingerprint density at radius 1 is 1.31 bits per heavy atom. The molecule has 0 saturated carbocycles. The normalized spacial score (nSPS) is 27.1. The Labute approximate surface area is 99.6 Å². The third-order valence-corrected chi connectivity index (χ3v) is 3.02. The molecule has 0 aliphatic carbocycles. The first-order chi connectivity index (χ1) is 7.47. The largest absolute Gasteiger partial charge is 0.355 e. The van der Waals surface area contributed by atoms with Gasteiger partial charge in [0.05, 0.1) is 6.54 Å². The average Bonchev–Trinajstić information content (AvgIpc) is 2.12. The van der Waals surface area contributed by atoms with Gasteiger partial charge in [0.1, 0.15) is 0 Å². The summed E-state index contributed by atoms with van der Waals surface area (Å²) in [5.41, 5.74) is 0. The molecule has 3 nitrogen and oxygen atoms in total. The van der Waals surface area contributed by atoms with Gasteiger partial charge >= 0.3 is 0 Å². The minimum atomic E-state index is 0.176. The van der Waals surface area contributed by atoms with E-state index in [2.05, 4.69) is 37.9 Å². The van der Waals surface area contributed by atoms with Gasteiger partial charge in [0.2, 0.25) is 5.91 Å². The second-order valence-corrected chi connectivity index (χ2v) is 5.84. The second kappa shape index (κ2) is 6.24. The highest BCUT2D eigenvalue weighted by Gasteiger charge is 2.22. The highest BCUT2D eigenvalue weighted by molar-refractivity contribution is 5.78. The van der Waals surface area contributed by atoms with Crippen molar-refractivity contribution in [3.8, 4) is 0 Å². The van der Waals surface area contributed by atoms with Crippen molar-refractivity contribution in [1.82, 2.24) is 10.2 Å². The number of carbonyl (C=O) groups is 1. The summed E-state index contributed by atoms with van der Waals surface area (Å²) in [6.45, 7) is 12.3. The van der Waals surface area contributed by atoms with Crippen LogP contribution in [-0.2, 0) is 4.79 Å². The molecule has 1 rings (SSSR count). The molecule has 1 aliphatic heterocycles. The monoisotopic (exact) mass is 226 g/mol. The molecule has 0 radical (unpaired) electrons. The molecule has 1 N–H and O–H groups in total. The van der Waals surface area contributed by atoms with Crippen molar-refractivity contribution in [1.29, 1.82) is 0 Å². The number of hydrogen-bond acceptors (Lipinski definition) is 2. The van der Waals surface area contributed by atoms with Gasteiger partial charge in [0.25, 0.3) is 0 Å². The van der Waals surface area contributed by atoms with Crippen molar-refractivity contribution in [2.24, 2.45) is 17.8 Å². The van der Waals surface area contributed by atoms with Gasteiger partial charge < -0.3 is 5.32 Å². The molecule has 0 aromatic rings.